The summed E-state index contributed by atoms with van der Waals surface area (Å²) in [5, 5.41) is 14.8. The van der Waals surface area contributed by atoms with E-state index in [-0.39, 0.29) is 10.6 Å². The molecule has 1 N–H and O–H groups in total. The number of hydrogen-bond acceptors (Lipinski definition) is 5. The van der Waals surface area contributed by atoms with E-state index in [1.54, 1.807) is 24.9 Å². The number of nitro benzene ring substituents is 1. The molecule has 0 spiro atoms. The molecule has 2 aromatic rings. The minimum atomic E-state index is -3.86. The maximum Gasteiger partial charge on any atom is 0.270 e. The summed E-state index contributed by atoms with van der Waals surface area (Å²) < 4.78 is 28.8. The van der Waals surface area contributed by atoms with Gasteiger partial charge in [-0.05, 0) is 19.9 Å². The highest BCUT2D eigenvalue weighted by Crippen LogP contribution is 2.21. The average Bonchev–Trinajstić information content (AvgIpc) is 2.78. The van der Waals surface area contributed by atoms with E-state index in [0.717, 1.165) is 17.3 Å². The first-order chi connectivity index (χ1) is 10.2. The number of aryl methyl sites for hydroxylation is 1. The molecule has 2 rings (SSSR count). The van der Waals surface area contributed by atoms with E-state index in [9.17, 15) is 18.5 Å². The Morgan fingerprint density at radius 3 is 2.64 bits per heavy atom. The zero-order chi connectivity index (χ0) is 16.5. The topological polar surface area (TPSA) is 107 Å². The van der Waals surface area contributed by atoms with Gasteiger partial charge in [-0.15, -0.1) is 0 Å². The quantitative estimate of drug-likeness (QED) is 0.665. The fraction of sp³-hybridized carbons (Fsp3) is 0.308. The largest absolute Gasteiger partial charge is 0.273 e. The van der Waals surface area contributed by atoms with Crippen molar-refractivity contribution in [2.75, 3.05) is 0 Å². The lowest BCUT2D eigenvalue weighted by atomic mass is 10.1. The fourth-order valence-electron chi connectivity index (χ4n) is 2.07. The van der Waals surface area contributed by atoms with Crippen LogP contribution >= 0.6 is 0 Å². The van der Waals surface area contributed by atoms with Crippen molar-refractivity contribution in [3.05, 3.63) is 51.8 Å². The third-order valence-corrected chi connectivity index (χ3v) is 4.95. The maximum atomic E-state index is 12.3. The van der Waals surface area contributed by atoms with Crippen LogP contribution in [0.3, 0.4) is 0 Å². The Hall–Kier alpha value is -2.26. The normalized spacial score (nSPS) is 13.0. The molecule has 0 amide bonds. The fourth-order valence-corrected chi connectivity index (χ4v) is 3.33. The number of nitrogens with one attached hydrogen (secondary N) is 1. The molecule has 0 aliphatic carbocycles. The first kappa shape index (κ1) is 16.1. The Morgan fingerprint density at radius 1 is 1.41 bits per heavy atom. The van der Waals surface area contributed by atoms with Crippen molar-refractivity contribution in [2.45, 2.75) is 24.8 Å². The van der Waals surface area contributed by atoms with Crippen molar-refractivity contribution >= 4 is 15.7 Å². The number of non-ortho nitro benzene ring substituents is 1. The minimum Gasteiger partial charge on any atom is -0.273 e. The lowest BCUT2D eigenvalue weighted by Crippen LogP contribution is -2.27. The molecule has 1 aromatic carbocycles. The van der Waals surface area contributed by atoms with Crippen molar-refractivity contribution in [3.8, 4) is 0 Å². The van der Waals surface area contributed by atoms with Crippen molar-refractivity contribution < 1.29 is 13.3 Å². The minimum absolute atomic E-state index is 0.143. The number of rotatable bonds is 5. The number of sulfonamides is 1. The Bertz CT molecular complexity index is 813. The molecular formula is C13H16N4O4S. The lowest BCUT2D eigenvalue weighted by Gasteiger charge is -2.14. The van der Waals surface area contributed by atoms with Crippen molar-refractivity contribution in [2.24, 2.45) is 7.05 Å². The van der Waals surface area contributed by atoms with Gasteiger partial charge >= 0.3 is 0 Å². The molecule has 8 nitrogen and oxygen atoms in total. The average molecular weight is 324 g/mol. The van der Waals surface area contributed by atoms with Gasteiger partial charge in [0.1, 0.15) is 0 Å². The molecule has 1 unspecified atom stereocenters. The van der Waals surface area contributed by atoms with E-state index in [0.29, 0.717) is 0 Å². The summed E-state index contributed by atoms with van der Waals surface area (Å²) in [6.45, 7) is 3.53. The smallest absolute Gasteiger partial charge is 0.270 e. The van der Waals surface area contributed by atoms with Crippen LogP contribution in [0.2, 0.25) is 0 Å². The van der Waals surface area contributed by atoms with Gasteiger partial charge in [0, 0.05) is 36.5 Å². The second kappa shape index (κ2) is 5.85. The predicted molar refractivity (Wildman–Crippen MR) is 79.8 cm³/mol. The molecule has 1 heterocycles. The summed E-state index contributed by atoms with van der Waals surface area (Å²) in [4.78, 5) is 9.98. The summed E-state index contributed by atoms with van der Waals surface area (Å²) in [5.41, 5.74) is 1.32. The van der Waals surface area contributed by atoms with Crippen LogP contribution in [-0.2, 0) is 17.1 Å². The molecule has 0 aliphatic rings. The van der Waals surface area contributed by atoms with E-state index in [1.807, 2.05) is 6.92 Å². The number of benzene rings is 1. The van der Waals surface area contributed by atoms with Gasteiger partial charge in [0.25, 0.3) is 5.69 Å². The molecule has 118 valence electrons. The molecule has 1 aromatic heterocycles. The number of aromatic nitrogens is 2. The lowest BCUT2D eigenvalue weighted by molar-refractivity contribution is -0.385. The van der Waals surface area contributed by atoms with Gasteiger partial charge in [-0.3, -0.25) is 14.8 Å². The molecule has 0 saturated heterocycles. The van der Waals surface area contributed by atoms with Gasteiger partial charge in [-0.1, -0.05) is 6.07 Å². The highest BCUT2D eigenvalue weighted by Gasteiger charge is 2.22. The second-order valence-electron chi connectivity index (χ2n) is 4.91. The zero-order valence-electron chi connectivity index (χ0n) is 12.3. The van der Waals surface area contributed by atoms with E-state index in [4.69, 9.17) is 0 Å². The van der Waals surface area contributed by atoms with Crippen LogP contribution in [0.1, 0.15) is 24.2 Å². The van der Waals surface area contributed by atoms with Crippen LogP contribution in [-0.4, -0.2) is 23.1 Å². The van der Waals surface area contributed by atoms with Gasteiger partial charge in [0.15, 0.2) is 0 Å². The van der Waals surface area contributed by atoms with Crippen molar-refractivity contribution in [3.63, 3.8) is 0 Å². The third kappa shape index (κ3) is 3.15. The highest BCUT2D eigenvalue weighted by atomic mass is 32.2. The van der Waals surface area contributed by atoms with Crippen LogP contribution in [0.25, 0.3) is 0 Å². The third-order valence-electron chi connectivity index (χ3n) is 3.41. The van der Waals surface area contributed by atoms with Gasteiger partial charge < -0.3 is 0 Å². The van der Waals surface area contributed by atoms with Crippen LogP contribution in [0.15, 0.2) is 35.4 Å². The molecule has 0 bridgehead atoms. The summed E-state index contributed by atoms with van der Waals surface area (Å²) in [6, 6.07) is 4.43. The summed E-state index contributed by atoms with van der Waals surface area (Å²) >= 11 is 0. The van der Waals surface area contributed by atoms with E-state index in [2.05, 4.69) is 9.82 Å². The summed E-state index contributed by atoms with van der Waals surface area (Å²) in [5.74, 6) is 0. The zero-order valence-corrected chi connectivity index (χ0v) is 13.2. The molecule has 1 atom stereocenters. The Kier molecular flexibility index (Phi) is 4.29. The molecule has 0 aliphatic heterocycles. The van der Waals surface area contributed by atoms with E-state index >= 15 is 0 Å². The number of hydrogen-bond donors (Lipinski definition) is 1. The van der Waals surface area contributed by atoms with E-state index < -0.39 is 21.0 Å². The monoisotopic (exact) mass is 324 g/mol. The van der Waals surface area contributed by atoms with Crippen LogP contribution in [0.5, 0.6) is 0 Å². The van der Waals surface area contributed by atoms with Gasteiger partial charge in [-0.25, -0.2) is 13.1 Å². The van der Waals surface area contributed by atoms with Gasteiger partial charge in [0.2, 0.25) is 10.0 Å². The molecule has 0 fully saturated rings. The Balaban J connectivity index is 2.29. The van der Waals surface area contributed by atoms with Gasteiger partial charge in [-0.2, -0.15) is 5.10 Å². The maximum absolute atomic E-state index is 12.3. The first-order valence-electron chi connectivity index (χ1n) is 6.47. The number of nitrogens with zero attached hydrogens (tertiary/aromatic N) is 3. The number of nitro groups is 1. The molecule has 0 saturated carbocycles. The van der Waals surface area contributed by atoms with Crippen molar-refractivity contribution in [1.82, 2.24) is 14.5 Å². The Morgan fingerprint density at radius 2 is 2.09 bits per heavy atom. The molecule has 9 heteroatoms. The highest BCUT2D eigenvalue weighted by molar-refractivity contribution is 7.89. The van der Waals surface area contributed by atoms with Crippen molar-refractivity contribution in [1.29, 1.82) is 0 Å². The predicted octanol–water partition coefficient (Wildman–Crippen LogP) is 1.68. The van der Waals surface area contributed by atoms with E-state index in [1.165, 1.54) is 18.2 Å². The van der Waals surface area contributed by atoms with Gasteiger partial charge in [0.05, 0.1) is 16.0 Å². The SMILES string of the molecule is Cc1c(C(C)NS(=O)(=O)c2cccc([N+](=O)[O-])c2)cnn1C. The Labute approximate surface area is 128 Å². The molecule has 0 radical (unpaired) electrons. The van der Waals surface area contributed by atoms with Crippen LogP contribution < -0.4 is 4.72 Å². The standard InChI is InChI=1S/C13H16N4O4S/c1-9(13-8-14-16(3)10(13)2)15-22(20,21)12-6-4-5-11(7-12)17(18)19/h4-9,15H,1-3H3. The second-order valence-corrected chi connectivity index (χ2v) is 6.62. The summed E-state index contributed by atoms with van der Waals surface area (Å²) in [7, 11) is -2.10. The molecule has 22 heavy (non-hydrogen) atoms. The van der Waals surface area contributed by atoms with Crippen LogP contribution in [0, 0.1) is 17.0 Å². The summed E-state index contributed by atoms with van der Waals surface area (Å²) in [6.07, 6.45) is 1.59. The molecular weight excluding hydrogens is 308 g/mol. The first-order valence-corrected chi connectivity index (χ1v) is 7.96. The van der Waals surface area contributed by atoms with Crippen LogP contribution in [0.4, 0.5) is 5.69 Å².